The fourth-order valence-electron chi connectivity index (χ4n) is 3.44. The van der Waals surface area contributed by atoms with Crippen LogP contribution < -0.4 is 5.73 Å². The number of allylic oxidation sites excluding steroid dienone is 1. The normalized spacial score (nSPS) is 17.1. The van der Waals surface area contributed by atoms with Crippen molar-refractivity contribution in [3.05, 3.63) is 65.9 Å². The lowest BCUT2D eigenvalue weighted by atomic mass is 9.90. The zero-order valence-corrected chi connectivity index (χ0v) is 12.1. The first kappa shape index (κ1) is 12.3. The molecule has 4 rings (SSSR count). The van der Waals surface area contributed by atoms with E-state index in [0.29, 0.717) is 5.92 Å². The van der Waals surface area contributed by atoms with Crippen molar-refractivity contribution in [1.29, 1.82) is 0 Å². The van der Waals surface area contributed by atoms with Gasteiger partial charge in [0.1, 0.15) is 0 Å². The molecule has 1 aliphatic rings. The SMILES string of the molecule is CC1CC=Cc2c1c1c(N)cccc1n2-c1ccccc1. The van der Waals surface area contributed by atoms with E-state index >= 15 is 0 Å². The van der Waals surface area contributed by atoms with Gasteiger partial charge in [-0.15, -0.1) is 0 Å². The van der Waals surface area contributed by atoms with E-state index in [4.69, 9.17) is 5.73 Å². The Labute approximate surface area is 124 Å². The Balaban J connectivity index is 2.17. The van der Waals surface area contributed by atoms with Crippen LogP contribution in [0.5, 0.6) is 0 Å². The van der Waals surface area contributed by atoms with E-state index in [1.165, 1.54) is 27.8 Å². The van der Waals surface area contributed by atoms with Crippen molar-refractivity contribution in [3.8, 4) is 5.69 Å². The Hall–Kier alpha value is -2.48. The van der Waals surface area contributed by atoms with E-state index in [0.717, 1.165) is 12.1 Å². The summed E-state index contributed by atoms with van der Waals surface area (Å²) in [6.45, 7) is 2.28. The predicted octanol–water partition coefficient (Wildman–Crippen LogP) is 4.73. The van der Waals surface area contributed by atoms with E-state index in [2.05, 4.69) is 60.0 Å². The van der Waals surface area contributed by atoms with E-state index < -0.39 is 0 Å². The van der Waals surface area contributed by atoms with E-state index in [9.17, 15) is 0 Å². The fraction of sp³-hybridized carbons (Fsp3) is 0.158. The Bertz CT molecular complexity index is 841. The van der Waals surface area contributed by atoms with E-state index in [1.54, 1.807) is 0 Å². The van der Waals surface area contributed by atoms with Gasteiger partial charge in [0.15, 0.2) is 0 Å². The molecule has 2 heteroatoms. The van der Waals surface area contributed by atoms with Crippen LogP contribution in [0.3, 0.4) is 0 Å². The van der Waals surface area contributed by atoms with Gasteiger partial charge in [-0.3, -0.25) is 0 Å². The smallest absolute Gasteiger partial charge is 0.0558 e. The Morgan fingerprint density at radius 1 is 1.05 bits per heavy atom. The molecule has 0 saturated heterocycles. The quantitative estimate of drug-likeness (QED) is 0.639. The minimum Gasteiger partial charge on any atom is -0.398 e. The number of para-hydroxylation sites is 1. The van der Waals surface area contributed by atoms with Gasteiger partial charge < -0.3 is 10.3 Å². The van der Waals surface area contributed by atoms with Crippen LogP contribution in [0, 0.1) is 0 Å². The van der Waals surface area contributed by atoms with Gasteiger partial charge in [0, 0.05) is 16.8 Å². The molecule has 0 spiro atoms. The van der Waals surface area contributed by atoms with Crippen LogP contribution in [0.15, 0.2) is 54.6 Å². The molecule has 2 nitrogen and oxygen atoms in total. The number of hydrogen-bond acceptors (Lipinski definition) is 1. The molecule has 1 atom stereocenters. The highest BCUT2D eigenvalue weighted by Crippen LogP contribution is 2.41. The van der Waals surface area contributed by atoms with Gasteiger partial charge in [-0.05, 0) is 48.2 Å². The Morgan fingerprint density at radius 3 is 2.67 bits per heavy atom. The van der Waals surface area contributed by atoms with Crippen LogP contribution in [0.25, 0.3) is 22.7 Å². The standard InChI is InChI=1S/C19H18N2/c1-13-7-5-11-16-18(13)19-15(20)10-6-12-17(19)21(16)14-8-3-2-4-9-14/h2-6,8-13H,7,20H2,1H3. The van der Waals surface area contributed by atoms with Gasteiger partial charge in [-0.2, -0.15) is 0 Å². The maximum atomic E-state index is 6.30. The first-order valence-corrected chi connectivity index (χ1v) is 7.42. The van der Waals surface area contributed by atoms with Crippen molar-refractivity contribution in [1.82, 2.24) is 4.57 Å². The van der Waals surface area contributed by atoms with Crippen molar-refractivity contribution in [2.75, 3.05) is 5.73 Å². The first-order valence-electron chi connectivity index (χ1n) is 7.42. The molecule has 104 valence electrons. The third kappa shape index (κ3) is 1.72. The summed E-state index contributed by atoms with van der Waals surface area (Å²) in [4.78, 5) is 0. The van der Waals surface area contributed by atoms with Crippen LogP contribution >= 0.6 is 0 Å². The number of nitrogens with two attached hydrogens (primary N) is 1. The average molecular weight is 274 g/mol. The lowest BCUT2D eigenvalue weighted by molar-refractivity contribution is 0.773. The second-order valence-corrected chi connectivity index (χ2v) is 5.75. The van der Waals surface area contributed by atoms with Gasteiger partial charge in [0.25, 0.3) is 0 Å². The predicted molar refractivity (Wildman–Crippen MR) is 89.8 cm³/mol. The molecule has 3 aromatic rings. The summed E-state index contributed by atoms with van der Waals surface area (Å²) in [5, 5.41) is 1.22. The van der Waals surface area contributed by atoms with Crippen molar-refractivity contribution >= 4 is 22.7 Å². The van der Waals surface area contributed by atoms with Crippen molar-refractivity contribution in [2.45, 2.75) is 19.3 Å². The highest BCUT2D eigenvalue weighted by atomic mass is 15.0. The van der Waals surface area contributed by atoms with E-state index in [1.807, 2.05) is 12.1 Å². The summed E-state index contributed by atoms with van der Waals surface area (Å²) in [7, 11) is 0. The molecule has 21 heavy (non-hydrogen) atoms. The van der Waals surface area contributed by atoms with Gasteiger partial charge in [-0.25, -0.2) is 0 Å². The molecule has 2 aromatic carbocycles. The van der Waals surface area contributed by atoms with Crippen LogP contribution in [0.4, 0.5) is 5.69 Å². The minimum atomic E-state index is 0.502. The topological polar surface area (TPSA) is 30.9 Å². The molecule has 0 radical (unpaired) electrons. The zero-order valence-electron chi connectivity index (χ0n) is 12.1. The molecule has 1 aliphatic carbocycles. The highest BCUT2D eigenvalue weighted by Gasteiger charge is 2.23. The van der Waals surface area contributed by atoms with Crippen LogP contribution in [0.1, 0.15) is 30.5 Å². The number of fused-ring (bicyclic) bond motifs is 3. The number of aromatic nitrogens is 1. The van der Waals surface area contributed by atoms with Gasteiger partial charge in [0.2, 0.25) is 0 Å². The highest BCUT2D eigenvalue weighted by molar-refractivity contribution is 5.99. The number of rotatable bonds is 1. The molecule has 0 fully saturated rings. The Morgan fingerprint density at radius 2 is 1.86 bits per heavy atom. The third-order valence-corrected chi connectivity index (χ3v) is 4.37. The number of nitrogen functional groups attached to an aromatic ring is 1. The van der Waals surface area contributed by atoms with Gasteiger partial charge in [0.05, 0.1) is 11.2 Å². The van der Waals surface area contributed by atoms with Crippen LogP contribution in [-0.4, -0.2) is 4.57 Å². The fourth-order valence-corrected chi connectivity index (χ4v) is 3.44. The lowest BCUT2D eigenvalue weighted by Crippen LogP contribution is -2.02. The Kier molecular flexibility index (Phi) is 2.64. The summed E-state index contributed by atoms with van der Waals surface area (Å²) in [5.74, 6) is 0.502. The van der Waals surface area contributed by atoms with E-state index in [-0.39, 0.29) is 0 Å². The van der Waals surface area contributed by atoms with Crippen LogP contribution in [0.2, 0.25) is 0 Å². The molecular weight excluding hydrogens is 256 g/mol. The van der Waals surface area contributed by atoms with Gasteiger partial charge in [-0.1, -0.05) is 37.3 Å². The minimum absolute atomic E-state index is 0.502. The second kappa shape index (κ2) is 4.52. The molecule has 0 bridgehead atoms. The summed E-state index contributed by atoms with van der Waals surface area (Å²) >= 11 is 0. The van der Waals surface area contributed by atoms with Crippen LogP contribution in [-0.2, 0) is 0 Å². The molecule has 1 aromatic heterocycles. The largest absolute Gasteiger partial charge is 0.398 e. The number of nitrogens with zero attached hydrogens (tertiary/aromatic N) is 1. The summed E-state index contributed by atoms with van der Waals surface area (Å²) in [6, 6.07) is 16.7. The molecule has 2 N–H and O–H groups in total. The maximum absolute atomic E-state index is 6.30. The molecule has 0 amide bonds. The molecule has 0 aliphatic heterocycles. The van der Waals surface area contributed by atoms with Crippen molar-refractivity contribution in [2.24, 2.45) is 0 Å². The average Bonchev–Trinajstić information content (AvgIpc) is 2.85. The zero-order chi connectivity index (χ0) is 14.4. The second-order valence-electron chi connectivity index (χ2n) is 5.75. The summed E-state index contributed by atoms with van der Waals surface area (Å²) in [6.07, 6.45) is 5.58. The van der Waals surface area contributed by atoms with Crippen molar-refractivity contribution in [3.63, 3.8) is 0 Å². The molecule has 1 heterocycles. The monoisotopic (exact) mass is 274 g/mol. The third-order valence-electron chi connectivity index (χ3n) is 4.37. The van der Waals surface area contributed by atoms with Gasteiger partial charge >= 0.3 is 0 Å². The first-order chi connectivity index (χ1) is 10.3. The summed E-state index contributed by atoms with van der Waals surface area (Å²) in [5.41, 5.74) is 12.2. The molecule has 0 saturated carbocycles. The molecule has 1 unspecified atom stereocenters. The summed E-state index contributed by atoms with van der Waals surface area (Å²) < 4.78 is 2.33. The number of hydrogen-bond donors (Lipinski definition) is 1. The number of benzene rings is 2. The molecular formula is C19H18N2. The maximum Gasteiger partial charge on any atom is 0.0558 e. The lowest BCUT2D eigenvalue weighted by Gasteiger charge is -2.16. The van der Waals surface area contributed by atoms with Crippen molar-refractivity contribution < 1.29 is 0 Å². The number of anilines is 1.